The summed E-state index contributed by atoms with van der Waals surface area (Å²) >= 11 is 0. The minimum atomic E-state index is 0.673. The van der Waals surface area contributed by atoms with Crippen LogP contribution in [0.1, 0.15) is 30.1 Å². The van der Waals surface area contributed by atoms with E-state index in [1.807, 2.05) is 18.7 Å². The summed E-state index contributed by atoms with van der Waals surface area (Å²) in [4.78, 5) is 16.3. The lowest BCUT2D eigenvalue weighted by Gasteiger charge is -2.28. The van der Waals surface area contributed by atoms with E-state index in [0.717, 1.165) is 54.6 Å². The smallest absolute Gasteiger partial charge is 0.164 e. The molecular weight excluding hydrogens is 314 g/mol. The second-order valence-electron chi connectivity index (χ2n) is 6.86. The van der Waals surface area contributed by atoms with Gasteiger partial charge in [-0.05, 0) is 31.9 Å². The van der Waals surface area contributed by atoms with E-state index < -0.39 is 0 Å². The number of aryl methyl sites for hydroxylation is 1. The van der Waals surface area contributed by atoms with Crippen molar-refractivity contribution in [3.8, 4) is 11.3 Å². The number of fused-ring (bicyclic) bond motifs is 1. The van der Waals surface area contributed by atoms with E-state index in [9.17, 15) is 0 Å². The topological polar surface area (TPSA) is 55.5 Å². The van der Waals surface area contributed by atoms with Crippen LogP contribution in [0.3, 0.4) is 0 Å². The Morgan fingerprint density at radius 3 is 2.68 bits per heavy atom. The van der Waals surface area contributed by atoms with Crippen LogP contribution in [-0.2, 0) is 4.74 Å². The fourth-order valence-corrected chi connectivity index (χ4v) is 3.61. The molecule has 0 atom stereocenters. The third-order valence-corrected chi connectivity index (χ3v) is 5.10. The highest BCUT2D eigenvalue weighted by Gasteiger charge is 2.25. The number of morpholine rings is 1. The summed E-state index contributed by atoms with van der Waals surface area (Å²) in [5.74, 6) is 0.673. The fraction of sp³-hybridized carbons (Fsp3) is 0.421. The molecule has 128 valence electrons. The molecule has 1 saturated heterocycles. The lowest BCUT2D eigenvalue weighted by atomic mass is 10.1. The average molecular weight is 335 g/mol. The highest BCUT2D eigenvalue weighted by atomic mass is 16.5. The predicted octanol–water partition coefficient (Wildman–Crippen LogP) is 2.81. The van der Waals surface area contributed by atoms with Gasteiger partial charge < -0.3 is 9.64 Å². The van der Waals surface area contributed by atoms with Gasteiger partial charge in [0.25, 0.3) is 0 Å². The summed E-state index contributed by atoms with van der Waals surface area (Å²) in [5.41, 5.74) is 6.41. The first-order valence-electron chi connectivity index (χ1n) is 8.93. The summed E-state index contributed by atoms with van der Waals surface area (Å²) in [5, 5.41) is 0. The number of pyridine rings is 1. The Labute approximate surface area is 146 Å². The molecule has 3 aromatic heterocycles. The zero-order chi connectivity index (χ0) is 16.8. The first kappa shape index (κ1) is 14.8. The fourth-order valence-electron chi connectivity index (χ4n) is 3.61. The monoisotopic (exact) mass is 335 g/mol. The third-order valence-electron chi connectivity index (χ3n) is 5.10. The van der Waals surface area contributed by atoms with Crippen molar-refractivity contribution in [3.63, 3.8) is 0 Å². The van der Waals surface area contributed by atoms with Gasteiger partial charge in [0.1, 0.15) is 6.33 Å². The number of aromatic nitrogens is 4. The Bertz CT molecular complexity index is 907. The number of ether oxygens (including phenoxy) is 1. The van der Waals surface area contributed by atoms with Crippen molar-refractivity contribution < 1.29 is 4.74 Å². The van der Waals surface area contributed by atoms with Gasteiger partial charge in [-0.2, -0.15) is 0 Å². The third kappa shape index (κ3) is 2.57. The van der Waals surface area contributed by atoms with Crippen LogP contribution >= 0.6 is 0 Å². The summed E-state index contributed by atoms with van der Waals surface area (Å²) in [6.45, 7) is 5.31. The second kappa shape index (κ2) is 5.81. The van der Waals surface area contributed by atoms with Gasteiger partial charge >= 0.3 is 0 Å². The van der Waals surface area contributed by atoms with Crippen LogP contribution in [0.25, 0.3) is 16.9 Å². The van der Waals surface area contributed by atoms with Crippen LogP contribution in [0.4, 0.5) is 5.69 Å². The van der Waals surface area contributed by atoms with Crippen LogP contribution in [0.15, 0.2) is 30.9 Å². The molecule has 25 heavy (non-hydrogen) atoms. The Balaban J connectivity index is 1.59. The van der Waals surface area contributed by atoms with Crippen molar-refractivity contribution in [2.75, 3.05) is 31.2 Å². The van der Waals surface area contributed by atoms with E-state index in [1.165, 1.54) is 18.5 Å². The minimum absolute atomic E-state index is 0.673. The number of hydrogen-bond donors (Lipinski definition) is 0. The maximum Gasteiger partial charge on any atom is 0.164 e. The largest absolute Gasteiger partial charge is 0.378 e. The molecule has 6 nitrogen and oxygen atoms in total. The first-order valence-corrected chi connectivity index (χ1v) is 8.93. The summed E-state index contributed by atoms with van der Waals surface area (Å²) in [6, 6.07) is 4.32. The van der Waals surface area contributed by atoms with Crippen molar-refractivity contribution in [2.45, 2.75) is 25.7 Å². The molecule has 0 amide bonds. The number of anilines is 1. The SMILES string of the molecule is Cc1nc2c(N3CCOCC3)cncn2c1-c1ccc(C2CC2)nc1. The van der Waals surface area contributed by atoms with Crippen LogP contribution in [-0.4, -0.2) is 45.7 Å². The maximum atomic E-state index is 5.47. The zero-order valence-electron chi connectivity index (χ0n) is 14.4. The quantitative estimate of drug-likeness (QED) is 0.737. The van der Waals surface area contributed by atoms with Gasteiger partial charge in [-0.3, -0.25) is 9.38 Å². The van der Waals surface area contributed by atoms with Crippen molar-refractivity contribution in [3.05, 3.63) is 42.2 Å². The Morgan fingerprint density at radius 1 is 1.12 bits per heavy atom. The Kier molecular flexibility index (Phi) is 3.45. The van der Waals surface area contributed by atoms with Crippen molar-refractivity contribution in [2.24, 2.45) is 0 Å². The average Bonchev–Trinajstić information content (AvgIpc) is 3.44. The molecule has 1 aliphatic carbocycles. The van der Waals surface area contributed by atoms with Gasteiger partial charge in [0, 0.05) is 36.5 Å². The van der Waals surface area contributed by atoms with Crippen molar-refractivity contribution in [1.29, 1.82) is 0 Å². The molecule has 0 spiro atoms. The molecule has 1 saturated carbocycles. The summed E-state index contributed by atoms with van der Waals surface area (Å²) in [6.07, 6.45) is 8.28. The van der Waals surface area contributed by atoms with Crippen molar-refractivity contribution >= 4 is 11.3 Å². The standard InChI is InChI=1S/C19H21N5O/c1-13-18(15-4-5-16(21-10-15)14-2-3-14)24-12-20-11-17(19(24)22-13)23-6-8-25-9-7-23/h4-5,10-12,14H,2-3,6-9H2,1H3. The molecule has 0 N–H and O–H groups in total. The highest BCUT2D eigenvalue weighted by molar-refractivity contribution is 5.75. The molecule has 6 heteroatoms. The molecule has 0 bridgehead atoms. The van der Waals surface area contributed by atoms with Gasteiger partial charge in [0.2, 0.25) is 0 Å². The summed E-state index contributed by atoms with van der Waals surface area (Å²) in [7, 11) is 0. The van der Waals surface area contributed by atoms with Gasteiger partial charge in [0.15, 0.2) is 5.65 Å². The van der Waals surface area contributed by atoms with Gasteiger partial charge in [-0.15, -0.1) is 0 Å². The Hall–Kier alpha value is -2.47. The number of nitrogens with zero attached hydrogens (tertiary/aromatic N) is 5. The number of hydrogen-bond acceptors (Lipinski definition) is 5. The minimum Gasteiger partial charge on any atom is -0.378 e. The molecule has 2 fully saturated rings. The molecular formula is C19H21N5O. The van der Waals surface area contributed by atoms with E-state index in [-0.39, 0.29) is 0 Å². The first-order chi connectivity index (χ1) is 12.3. The van der Waals surface area contributed by atoms with E-state index in [2.05, 4.69) is 38.3 Å². The van der Waals surface area contributed by atoms with E-state index in [4.69, 9.17) is 9.72 Å². The normalized spacial score (nSPS) is 18.0. The number of imidazole rings is 1. The molecule has 3 aromatic rings. The zero-order valence-corrected chi connectivity index (χ0v) is 14.4. The number of rotatable bonds is 3. The lowest BCUT2D eigenvalue weighted by Crippen LogP contribution is -2.36. The highest BCUT2D eigenvalue weighted by Crippen LogP contribution is 2.39. The molecule has 0 aromatic carbocycles. The van der Waals surface area contributed by atoms with Crippen LogP contribution < -0.4 is 4.90 Å². The molecule has 5 rings (SSSR count). The van der Waals surface area contributed by atoms with Gasteiger partial charge in [-0.1, -0.05) is 0 Å². The van der Waals surface area contributed by atoms with Gasteiger partial charge in [-0.25, -0.2) is 9.97 Å². The van der Waals surface area contributed by atoms with E-state index >= 15 is 0 Å². The van der Waals surface area contributed by atoms with E-state index in [1.54, 1.807) is 0 Å². The van der Waals surface area contributed by atoms with Crippen LogP contribution in [0, 0.1) is 6.92 Å². The molecule has 4 heterocycles. The molecule has 2 aliphatic rings. The van der Waals surface area contributed by atoms with Crippen LogP contribution in [0.2, 0.25) is 0 Å². The van der Waals surface area contributed by atoms with Gasteiger partial charge in [0.05, 0.1) is 36.5 Å². The second-order valence-corrected chi connectivity index (χ2v) is 6.86. The van der Waals surface area contributed by atoms with E-state index in [0.29, 0.717) is 5.92 Å². The molecule has 1 aliphatic heterocycles. The maximum absolute atomic E-state index is 5.47. The summed E-state index contributed by atoms with van der Waals surface area (Å²) < 4.78 is 7.56. The van der Waals surface area contributed by atoms with Crippen molar-refractivity contribution in [1.82, 2.24) is 19.4 Å². The van der Waals surface area contributed by atoms with Crippen LogP contribution in [0.5, 0.6) is 0 Å². The lowest BCUT2D eigenvalue weighted by molar-refractivity contribution is 0.123. The molecule has 0 radical (unpaired) electrons. The Morgan fingerprint density at radius 2 is 1.96 bits per heavy atom. The molecule has 0 unspecified atom stereocenters. The predicted molar refractivity (Wildman–Crippen MR) is 96.0 cm³/mol.